The average molecular weight is 270 g/mol. The third kappa shape index (κ3) is 2.06. The number of rotatable bonds is 1. The van der Waals surface area contributed by atoms with E-state index in [9.17, 15) is 4.79 Å². The molecule has 0 fully saturated rings. The maximum Gasteiger partial charge on any atom is 0.323 e. The van der Waals surface area contributed by atoms with Gasteiger partial charge in [0.25, 0.3) is 0 Å². The molecule has 1 heterocycles. The molecule has 4 heteroatoms. The molecule has 3 nitrogen and oxygen atoms in total. The number of benzene rings is 1. The Balaban J connectivity index is 2.24. The van der Waals surface area contributed by atoms with Crippen LogP contribution in [0.4, 0.5) is 0 Å². The highest BCUT2D eigenvalue weighted by atomic mass is 79.9. The van der Waals surface area contributed by atoms with Gasteiger partial charge in [-0.1, -0.05) is 28.1 Å². The number of hydrogen-bond donors (Lipinski definition) is 1. The maximum absolute atomic E-state index is 11.4. The van der Waals surface area contributed by atoms with Gasteiger partial charge in [-0.3, -0.25) is 10.1 Å². The van der Waals surface area contributed by atoms with E-state index in [2.05, 4.69) is 27.3 Å². The van der Waals surface area contributed by atoms with Crippen molar-refractivity contribution < 1.29 is 9.53 Å². The summed E-state index contributed by atoms with van der Waals surface area (Å²) >= 11 is 3.50. The number of nitrogens with one attached hydrogen (secondary N) is 1. The molecule has 2 rings (SSSR count). The van der Waals surface area contributed by atoms with Gasteiger partial charge in [0.05, 0.1) is 7.11 Å². The van der Waals surface area contributed by atoms with Gasteiger partial charge in [-0.15, -0.1) is 0 Å². The molecule has 1 aromatic rings. The fourth-order valence-electron chi connectivity index (χ4n) is 1.82. The molecule has 0 radical (unpaired) electrons. The molecule has 1 unspecified atom stereocenters. The summed E-state index contributed by atoms with van der Waals surface area (Å²) in [4.78, 5) is 11.4. The topological polar surface area (TPSA) is 38.3 Å². The molecule has 1 atom stereocenters. The van der Waals surface area contributed by atoms with Crippen LogP contribution < -0.4 is 5.32 Å². The zero-order valence-corrected chi connectivity index (χ0v) is 10.0. The number of methoxy groups -OCH3 is 1. The third-order valence-electron chi connectivity index (χ3n) is 2.65. The van der Waals surface area contributed by atoms with Gasteiger partial charge in [-0.05, 0) is 23.6 Å². The van der Waals surface area contributed by atoms with E-state index in [0.717, 1.165) is 4.47 Å². The molecule has 1 aromatic carbocycles. The van der Waals surface area contributed by atoms with Crippen LogP contribution in [-0.4, -0.2) is 19.1 Å². The molecule has 0 spiro atoms. The first-order chi connectivity index (χ1) is 7.22. The van der Waals surface area contributed by atoms with Crippen LogP contribution in [0.25, 0.3) is 0 Å². The maximum atomic E-state index is 11.4. The summed E-state index contributed by atoms with van der Waals surface area (Å²) in [7, 11) is 1.42. The molecule has 1 aliphatic heterocycles. The lowest BCUT2D eigenvalue weighted by Crippen LogP contribution is -2.42. The molecule has 0 amide bonds. The van der Waals surface area contributed by atoms with E-state index in [1.165, 1.54) is 18.2 Å². The zero-order valence-electron chi connectivity index (χ0n) is 8.42. The number of hydrogen-bond acceptors (Lipinski definition) is 3. The Morgan fingerprint density at radius 2 is 2.40 bits per heavy atom. The van der Waals surface area contributed by atoms with Crippen molar-refractivity contribution in [1.29, 1.82) is 0 Å². The SMILES string of the molecule is COC(=O)C1Cc2cccc(Br)c2CN1. The highest BCUT2D eigenvalue weighted by Gasteiger charge is 2.25. The first-order valence-corrected chi connectivity index (χ1v) is 5.59. The summed E-state index contributed by atoms with van der Waals surface area (Å²) in [6, 6.07) is 5.84. The predicted molar refractivity (Wildman–Crippen MR) is 60.5 cm³/mol. The molecule has 1 N–H and O–H groups in total. The van der Waals surface area contributed by atoms with Crippen molar-refractivity contribution in [2.75, 3.05) is 7.11 Å². The minimum Gasteiger partial charge on any atom is -0.468 e. The van der Waals surface area contributed by atoms with Crippen LogP contribution in [0.2, 0.25) is 0 Å². The minimum absolute atomic E-state index is 0.194. The quantitative estimate of drug-likeness (QED) is 0.788. The highest BCUT2D eigenvalue weighted by Crippen LogP contribution is 2.24. The van der Waals surface area contributed by atoms with E-state index in [4.69, 9.17) is 4.74 Å². The Labute approximate surface area is 96.9 Å². The van der Waals surface area contributed by atoms with Crippen molar-refractivity contribution in [3.63, 3.8) is 0 Å². The zero-order chi connectivity index (χ0) is 10.8. The minimum atomic E-state index is -0.211. The molecular formula is C11H12BrNO2. The van der Waals surface area contributed by atoms with Gasteiger partial charge in [-0.2, -0.15) is 0 Å². The fraction of sp³-hybridized carbons (Fsp3) is 0.364. The summed E-state index contributed by atoms with van der Waals surface area (Å²) in [5, 5.41) is 3.16. The first-order valence-electron chi connectivity index (χ1n) is 4.80. The van der Waals surface area contributed by atoms with E-state index < -0.39 is 0 Å². The molecule has 0 aliphatic carbocycles. The van der Waals surface area contributed by atoms with Crippen LogP contribution in [0.1, 0.15) is 11.1 Å². The molecule has 15 heavy (non-hydrogen) atoms. The summed E-state index contributed by atoms with van der Waals surface area (Å²) in [5.41, 5.74) is 2.44. The van der Waals surface area contributed by atoms with Crippen LogP contribution in [0.15, 0.2) is 22.7 Å². The molecule has 80 valence electrons. The Kier molecular flexibility index (Phi) is 3.07. The molecular weight excluding hydrogens is 258 g/mol. The molecule has 0 saturated carbocycles. The second-order valence-corrected chi connectivity index (χ2v) is 4.39. The second kappa shape index (κ2) is 4.33. The van der Waals surface area contributed by atoms with E-state index in [1.807, 2.05) is 12.1 Å². The van der Waals surface area contributed by atoms with E-state index >= 15 is 0 Å². The first kappa shape index (κ1) is 10.6. The smallest absolute Gasteiger partial charge is 0.323 e. The van der Waals surface area contributed by atoms with Gasteiger partial charge in [0.2, 0.25) is 0 Å². The Bertz CT molecular complexity index is 392. The van der Waals surface area contributed by atoms with Gasteiger partial charge in [0.1, 0.15) is 6.04 Å². The van der Waals surface area contributed by atoms with Crippen LogP contribution in [-0.2, 0) is 22.5 Å². The van der Waals surface area contributed by atoms with Crippen LogP contribution in [0.3, 0.4) is 0 Å². The average Bonchev–Trinajstić information content (AvgIpc) is 2.28. The second-order valence-electron chi connectivity index (χ2n) is 3.54. The van der Waals surface area contributed by atoms with Crippen molar-refractivity contribution >= 4 is 21.9 Å². The van der Waals surface area contributed by atoms with E-state index in [1.54, 1.807) is 0 Å². The normalized spacial score (nSPS) is 19.5. The summed E-state index contributed by atoms with van der Waals surface area (Å²) in [6.45, 7) is 0.705. The fourth-order valence-corrected chi connectivity index (χ4v) is 2.37. The Morgan fingerprint density at radius 1 is 1.60 bits per heavy atom. The number of halogens is 1. The molecule has 0 saturated heterocycles. The van der Waals surface area contributed by atoms with Crippen molar-refractivity contribution in [3.8, 4) is 0 Å². The molecule has 1 aliphatic rings. The van der Waals surface area contributed by atoms with E-state index in [0.29, 0.717) is 13.0 Å². The van der Waals surface area contributed by atoms with Crippen LogP contribution in [0, 0.1) is 0 Å². The number of fused-ring (bicyclic) bond motifs is 1. The van der Waals surface area contributed by atoms with Gasteiger partial charge in [0, 0.05) is 11.0 Å². The Morgan fingerprint density at radius 3 is 3.13 bits per heavy atom. The van der Waals surface area contributed by atoms with Crippen molar-refractivity contribution in [1.82, 2.24) is 5.32 Å². The van der Waals surface area contributed by atoms with Crippen molar-refractivity contribution in [3.05, 3.63) is 33.8 Å². The predicted octanol–water partition coefficient (Wildman–Crippen LogP) is 1.64. The van der Waals surface area contributed by atoms with Gasteiger partial charge in [-0.25, -0.2) is 0 Å². The lowest BCUT2D eigenvalue weighted by molar-refractivity contribution is -0.143. The standard InChI is InChI=1S/C11H12BrNO2/c1-15-11(14)10-5-7-3-2-4-9(12)8(7)6-13-10/h2-4,10,13H,5-6H2,1H3. The monoisotopic (exact) mass is 269 g/mol. The summed E-state index contributed by atoms with van der Waals surface area (Å²) in [5.74, 6) is -0.194. The van der Waals surface area contributed by atoms with Crippen molar-refractivity contribution in [2.45, 2.75) is 19.0 Å². The van der Waals surface area contributed by atoms with Crippen LogP contribution >= 0.6 is 15.9 Å². The Hall–Kier alpha value is -0.870. The highest BCUT2D eigenvalue weighted by molar-refractivity contribution is 9.10. The number of carbonyl (C=O) groups is 1. The lowest BCUT2D eigenvalue weighted by atomic mass is 9.96. The number of ether oxygens (including phenoxy) is 1. The number of carbonyl (C=O) groups excluding carboxylic acids is 1. The largest absolute Gasteiger partial charge is 0.468 e. The third-order valence-corrected chi connectivity index (χ3v) is 3.39. The van der Waals surface area contributed by atoms with E-state index in [-0.39, 0.29) is 12.0 Å². The van der Waals surface area contributed by atoms with Gasteiger partial charge in [0.15, 0.2) is 0 Å². The van der Waals surface area contributed by atoms with Crippen molar-refractivity contribution in [2.24, 2.45) is 0 Å². The van der Waals surface area contributed by atoms with Crippen LogP contribution in [0.5, 0.6) is 0 Å². The lowest BCUT2D eigenvalue weighted by Gasteiger charge is -2.24. The summed E-state index contributed by atoms with van der Waals surface area (Å²) < 4.78 is 5.82. The van der Waals surface area contributed by atoms with Gasteiger partial charge < -0.3 is 4.74 Å². The molecule has 0 bridgehead atoms. The number of esters is 1. The van der Waals surface area contributed by atoms with Gasteiger partial charge >= 0.3 is 5.97 Å². The molecule has 0 aromatic heterocycles. The summed E-state index contributed by atoms with van der Waals surface area (Å²) in [6.07, 6.45) is 0.696.